The number of benzene rings is 2. The average Bonchev–Trinajstić information content (AvgIpc) is 2.50. The van der Waals surface area contributed by atoms with Gasteiger partial charge in [0.15, 0.2) is 11.5 Å². The van der Waals surface area contributed by atoms with E-state index in [4.69, 9.17) is 15.2 Å². The standard InChI is InChI=1S/C16H15NO4/c1-10-4-3-5-12(15(10)17)16(19)21-13-7-6-11(9-18)8-14(13)20-2/h3-9H,17H2,1-2H3. The van der Waals surface area contributed by atoms with E-state index in [-0.39, 0.29) is 11.3 Å². The Morgan fingerprint density at radius 2 is 1.95 bits per heavy atom. The lowest BCUT2D eigenvalue weighted by atomic mass is 10.1. The van der Waals surface area contributed by atoms with Gasteiger partial charge in [-0.15, -0.1) is 0 Å². The number of esters is 1. The fourth-order valence-electron chi connectivity index (χ4n) is 1.86. The summed E-state index contributed by atoms with van der Waals surface area (Å²) in [6.45, 7) is 1.81. The van der Waals surface area contributed by atoms with E-state index >= 15 is 0 Å². The smallest absolute Gasteiger partial charge is 0.345 e. The molecule has 2 aromatic rings. The van der Waals surface area contributed by atoms with E-state index in [2.05, 4.69) is 0 Å². The molecule has 0 unspecified atom stereocenters. The minimum absolute atomic E-state index is 0.231. The van der Waals surface area contributed by atoms with Crippen LogP contribution in [-0.4, -0.2) is 19.4 Å². The van der Waals surface area contributed by atoms with Crippen LogP contribution in [0.25, 0.3) is 0 Å². The van der Waals surface area contributed by atoms with E-state index in [1.54, 1.807) is 12.1 Å². The Bertz CT molecular complexity index is 695. The molecule has 5 heteroatoms. The number of aldehydes is 1. The third-order valence-electron chi connectivity index (χ3n) is 3.07. The number of methoxy groups -OCH3 is 1. The number of nitrogen functional groups attached to an aromatic ring is 1. The number of hydrogen-bond acceptors (Lipinski definition) is 5. The summed E-state index contributed by atoms with van der Waals surface area (Å²) in [4.78, 5) is 22.9. The number of carbonyl (C=O) groups excluding carboxylic acids is 2. The predicted molar refractivity (Wildman–Crippen MR) is 78.9 cm³/mol. The molecular formula is C16H15NO4. The van der Waals surface area contributed by atoms with Crippen molar-refractivity contribution in [1.29, 1.82) is 0 Å². The lowest BCUT2D eigenvalue weighted by Gasteiger charge is -2.11. The van der Waals surface area contributed by atoms with Crippen molar-refractivity contribution in [2.45, 2.75) is 6.92 Å². The predicted octanol–water partition coefficient (Wildman–Crippen LogP) is 2.62. The SMILES string of the molecule is COc1cc(C=O)ccc1OC(=O)c1cccc(C)c1N. The lowest BCUT2D eigenvalue weighted by Crippen LogP contribution is -2.12. The quantitative estimate of drug-likeness (QED) is 0.404. The zero-order valence-corrected chi connectivity index (χ0v) is 11.8. The van der Waals surface area contributed by atoms with Gasteiger partial charge in [-0.2, -0.15) is 0 Å². The summed E-state index contributed by atoms with van der Waals surface area (Å²) in [6.07, 6.45) is 0.687. The molecule has 0 saturated heterocycles. The van der Waals surface area contributed by atoms with Crippen LogP contribution in [0.5, 0.6) is 11.5 Å². The molecule has 0 aromatic heterocycles. The van der Waals surface area contributed by atoms with Crippen LogP contribution in [0.2, 0.25) is 0 Å². The molecule has 0 radical (unpaired) electrons. The fourth-order valence-corrected chi connectivity index (χ4v) is 1.86. The van der Waals surface area contributed by atoms with Gasteiger partial charge in [0.05, 0.1) is 12.7 Å². The van der Waals surface area contributed by atoms with Crippen molar-refractivity contribution >= 4 is 17.9 Å². The van der Waals surface area contributed by atoms with Crippen molar-refractivity contribution < 1.29 is 19.1 Å². The van der Waals surface area contributed by atoms with E-state index in [9.17, 15) is 9.59 Å². The number of rotatable bonds is 4. The molecule has 2 aromatic carbocycles. The van der Waals surface area contributed by atoms with Crippen LogP contribution in [0.3, 0.4) is 0 Å². The van der Waals surface area contributed by atoms with Crippen LogP contribution in [0.15, 0.2) is 36.4 Å². The van der Waals surface area contributed by atoms with Crippen molar-refractivity contribution in [2.24, 2.45) is 0 Å². The van der Waals surface area contributed by atoms with Gasteiger partial charge in [0, 0.05) is 11.3 Å². The lowest BCUT2D eigenvalue weighted by molar-refractivity contribution is 0.0730. The van der Waals surface area contributed by atoms with Crippen LogP contribution < -0.4 is 15.2 Å². The van der Waals surface area contributed by atoms with Crippen LogP contribution in [0.1, 0.15) is 26.3 Å². The van der Waals surface area contributed by atoms with Gasteiger partial charge in [0.1, 0.15) is 6.29 Å². The van der Waals surface area contributed by atoms with Gasteiger partial charge in [0.25, 0.3) is 0 Å². The van der Waals surface area contributed by atoms with Crippen molar-refractivity contribution in [2.75, 3.05) is 12.8 Å². The number of ether oxygens (including phenoxy) is 2. The third kappa shape index (κ3) is 3.02. The number of anilines is 1. The van der Waals surface area contributed by atoms with Crippen LogP contribution >= 0.6 is 0 Å². The zero-order chi connectivity index (χ0) is 15.4. The average molecular weight is 285 g/mol. The minimum Gasteiger partial charge on any atom is -0.493 e. The third-order valence-corrected chi connectivity index (χ3v) is 3.07. The molecule has 108 valence electrons. The summed E-state index contributed by atoms with van der Waals surface area (Å²) in [6, 6.07) is 9.68. The maximum Gasteiger partial charge on any atom is 0.345 e. The van der Waals surface area contributed by atoms with E-state index in [1.807, 2.05) is 13.0 Å². The van der Waals surface area contributed by atoms with Crippen molar-refractivity contribution in [3.05, 3.63) is 53.1 Å². The highest BCUT2D eigenvalue weighted by molar-refractivity contribution is 5.97. The summed E-state index contributed by atoms with van der Waals surface area (Å²) >= 11 is 0. The second kappa shape index (κ2) is 6.09. The Hall–Kier alpha value is -2.82. The summed E-state index contributed by atoms with van der Waals surface area (Å²) < 4.78 is 10.4. The number of aryl methyl sites for hydroxylation is 1. The van der Waals surface area contributed by atoms with E-state index in [0.717, 1.165) is 5.56 Å². The number of para-hydroxylation sites is 1. The van der Waals surface area contributed by atoms with Gasteiger partial charge in [0.2, 0.25) is 0 Å². The molecule has 0 heterocycles. The van der Waals surface area contributed by atoms with E-state index in [0.29, 0.717) is 23.3 Å². The molecule has 0 amide bonds. The molecule has 0 aliphatic rings. The molecule has 0 atom stereocenters. The maximum absolute atomic E-state index is 12.2. The molecular weight excluding hydrogens is 270 g/mol. The molecule has 0 fully saturated rings. The van der Waals surface area contributed by atoms with E-state index in [1.165, 1.54) is 25.3 Å². The van der Waals surface area contributed by atoms with Gasteiger partial charge in [-0.1, -0.05) is 12.1 Å². The second-order valence-corrected chi connectivity index (χ2v) is 4.45. The largest absolute Gasteiger partial charge is 0.493 e. The van der Waals surface area contributed by atoms with Crippen molar-refractivity contribution in [3.8, 4) is 11.5 Å². The Balaban J connectivity index is 2.31. The maximum atomic E-state index is 12.2. The summed E-state index contributed by atoms with van der Waals surface area (Å²) in [7, 11) is 1.43. The van der Waals surface area contributed by atoms with Gasteiger partial charge in [-0.05, 0) is 36.8 Å². The fraction of sp³-hybridized carbons (Fsp3) is 0.125. The Morgan fingerprint density at radius 1 is 1.19 bits per heavy atom. The highest BCUT2D eigenvalue weighted by Gasteiger charge is 2.16. The molecule has 21 heavy (non-hydrogen) atoms. The Labute approximate surface area is 122 Å². The first-order valence-electron chi connectivity index (χ1n) is 6.27. The molecule has 0 aliphatic carbocycles. The monoisotopic (exact) mass is 285 g/mol. The van der Waals surface area contributed by atoms with Crippen LogP contribution in [0.4, 0.5) is 5.69 Å². The van der Waals surface area contributed by atoms with Crippen LogP contribution in [0, 0.1) is 6.92 Å². The minimum atomic E-state index is -0.576. The summed E-state index contributed by atoms with van der Waals surface area (Å²) in [5.74, 6) is -0.0402. The number of hydrogen-bond donors (Lipinski definition) is 1. The van der Waals surface area contributed by atoms with Gasteiger partial charge < -0.3 is 15.2 Å². The second-order valence-electron chi connectivity index (χ2n) is 4.45. The first kappa shape index (κ1) is 14.6. The molecule has 2 N–H and O–H groups in total. The topological polar surface area (TPSA) is 78.6 Å². The highest BCUT2D eigenvalue weighted by atomic mass is 16.6. The molecule has 0 bridgehead atoms. The molecule has 5 nitrogen and oxygen atoms in total. The van der Waals surface area contributed by atoms with Gasteiger partial charge in [-0.3, -0.25) is 4.79 Å². The Kier molecular flexibility index (Phi) is 4.23. The first-order chi connectivity index (χ1) is 10.1. The summed E-state index contributed by atoms with van der Waals surface area (Å²) in [5, 5.41) is 0. The van der Waals surface area contributed by atoms with Crippen LogP contribution in [-0.2, 0) is 0 Å². The van der Waals surface area contributed by atoms with Crippen molar-refractivity contribution in [1.82, 2.24) is 0 Å². The molecule has 0 saturated carbocycles. The first-order valence-corrected chi connectivity index (χ1v) is 6.27. The van der Waals surface area contributed by atoms with E-state index < -0.39 is 5.97 Å². The summed E-state index contributed by atoms with van der Waals surface area (Å²) in [5.41, 5.74) is 7.77. The number of carbonyl (C=O) groups is 2. The highest BCUT2D eigenvalue weighted by Crippen LogP contribution is 2.29. The van der Waals surface area contributed by atoms with Crippen molar-refractivity contribution in [3.63, 3.8) is 0 Å². The van der Waals surface area contributed by atoms with Gasteiger partial charge in [-0.25, -0.2) is 4.79 Å². The normalized spacial score (nSPS) is 10.0. The number of nitrogens with two attached hydrogens (primary N) is 1. The molecule has 0 aliphatic heterocycles. The molecule has 2 rings (SSSR count). The Morgan fingerprint density at radius 3 is 2.62 bits per heavy atom. The zero-order valence-electron chi connectivity index (χ0n) is 11.8. The molecule has 0 spiro atoms. The van der Waals surface area contributed by atoms with Gasteiger partial charge >= 0.3 is 5.97 Å².